The molecule has 10 unspecified atom stereocenters. The van der Waals surface area contributed by atoms with E-state index in [-0.39, 0.29) is 32.6 Å². The Kier molecular flexibility index (Phi) is 16.2. The molecule has 15 N–H and O–H groups in total. The van der Waals surface area contributed by atoms with Gasteiger partial charge in [0.25, 0.3) is 0 Å². The summed E-state index contributed by atoms with van der Waals surface area (Å²) in [6, 6.07) is -0.384. The number of benzene rings is 3. The first kappa shape index (κ1) is 76.8. The first-order chi connectivity index (χ1) is 60.5. The predicted molar refractivity (Wildman–Crippen MR) is 403 cm³/mol. The number of nitrogens with one attached hydrogen (secondary N) is 9. The van der Waals surface area contributed by atoms with Crippen LogP contribution < -0.4 is 66.6 Å². The van der Waals surface area contributed by atoms with Crippen LogP contribution in [-0.4, -0.2) is 211 Å². The fourth-order valence-corrected chi connectivity index (χ4v) is 18.1. The fourth-order valence-electron chi connectivity index (χ4n) is 18.1. The first-order valence-electron chi connectivity index (χ1n) is 38.0. The molecule has 10 atom stereocenters. The van der Waals surface area contributed by atoms with Crippen LogP contribution in [0.15, 0.2) is 36.4 Å². The lowest BCUT2D eigenvalue weighted by atomic mass is 9.83. The number of aromatic nitrogens is 6. The van der Waals surface area contributed by atoms with Gasteiger partial charge in [-0.05, 0) is 88.0 Å². The number of Topliss-reactive ketones (excluding diaryl/α,β-unsaturated/α-hetero) is 6. The van der Waals surface area contributed by atoms with Crippen molar-refractivity contribution in [2.75, 3.05) is 16.0 Å². The van der Waals surface area contributed by atoms with Gasteiger partial charge in [0, 0.05) is 103 Å². The van der Waals surface area contributed by atoms with Crippen LogP contribution in [0.4, 0.5) is 17.1 Å². The zero-order valence-corrected chi connectivity index (χ0v) is 64.0. The summed E-state index contributed by atoms with van der Waals surface area (Å²) in [5, 5.41) is 73.8. The van der Waals surface area contributed by atoms with E-state index in [1.54, 1.807) is 0 Å². The van der Waals surface area contributed by atoms with E-state index in [0.717, 1.165) is 48.6 Å². The van der Waals surface area contributed by atoms with Gasteiger partial charge in [-0.1, -0.05) is 20.8 Å². The highest BCUT2D eigenvalue weighted by molar-refractivity contribution is 6.63. The van der Waals surface area contributed by atoms with Crippen LogP contribution in [0.3, 0.4) is 0 Å². The molecule has 0 spiro atoms. The van der Waals surface area contributed by atoms with Crippen LogP contribution in [0.25, 0.3) is 34.9 Å². The van der Waals surface area contributed by atoms with Crippen molar-refractivity contribution in [2.45, 2.75) is 102 Å². The summed E-state index contributed by atoms with van der Waals surface area (Å²) in [4.78, 5) is 281. The molecule has 0 radical (unpaired) electrons. The third-order valence-electron chi connectivity index (χ3n) is 23.7. The molecule has 127 heavy (non-hydrogen) atoms. The van der Waals surface area contributed by atoms with E-state index in [4.69, 9.17) is 56.8 Å². The highest BCUT2D eigenvalue weighted by atomic mass is 16.9. The topological polar surface area (TPSA) is 670 Å². The Bertz CT molecular complexity index is 7480. The first-order valence-corrected chi connectivity index (χ1v) is 38.0. The molecule has 9 aromatic rings. The van der Waals surface area contributed by atoms with Crippen LogP contribution in [0.2, 0.25) is 0 Å². The molecule has 21 bridgehead atoms. The van der Waals surface area contributed by atoms with Crippen molar-refractivity contribution < 1.29 is 174 Å². The molecule has 6 aromatic heterocycles. The zero-order chi connectivity index (χ0) is 89.0. The maximum absolute atomic E-state index is 16.2. The Morgan fingerprint density at radius 2 is 0.732 bits per heavy atom. The number of aliphatic carboxylic acids is 1. The number of anilines is 3. The average Bonchev–Trinajstić information content (AvgIpc) is 1.62. The van der Waals surface area contributed by atoms with E-state index >= 15 is 47.9 Å². The number of aromatic hydroxyl groups is 2. The number of rotatable bonds is 5. The van der Waals surface area contributed by atoms with Gasteiger partial charge in [-0.25, -0.2) is 57.5 Å². The Balaban J connectivity index is 0.858. The zero-order valence-electron chi connectivity index (χ0n) is 64.0. The SMILES string of the molecule is CC1c2cc([nH]c2C(=O)O)C(=O)OC2OC(=O)c3[nH]c4cc3C(C)c3c5c6c(c(c3O2)OC2OC(=O)c3cc7c([nH]3)=C(C(=O)C(=O)C=7)c3c(O)c(O)c1c1c3CC(N1)C(=O)O2)C1=c2[nH]c(cc2=CC(=O)C1=O)C(=O)OC(OC(=O)C(C6)N5)Oc1c2c(c3c(c1C1=c5[nH]c(C(=O)O)cc5=CC(=O)C1=O)CC(C(=O)O)N3)C(C)c1cc(C(=O)O)[nH]c1C(=O)OC(OC4=O)O2. The second kappa shape index (κ2) is 26.7. The third kappa shape index (κ3) is 11.2. The van der Waals surface area contributed by atoms with Crippen LogP contribution >= 0.6 is 0 Å². The predicted octanol–water partition coefficient (Wildman–Crippen LogP) is -1.74. The Morgan fingerprint density at radius 3 is 1.22 bits per heavy atom. The van der Waals surface area contributed by atoms with Crippen LogP contribution in [0.5, 0.6) is 34.5 Å². The molecule has 3 aromatic carbocycles. The van der Waals surface area contributed by atoms with Crippen molar-refractivity contribution in [3.63, 3.8) is 0 Å². The smallest absolute Gasteiger partial charge is 0.411 e. The Morgan fingerprint density at radius 1 is 0.354 bits per heavy atom. The number of ether oxygens (including phenoxy) is 12. The standard InChI is InChI=1S/C82H49N9O36/c1-16-22-11-33(90-55(22)70(106)107)73(110)124-81-117-64-42-18(3)24-12-34(91-57(24)78(115)127-81)74(111)125-82-116-63-41(17(2)23-10-29(68(102)103)85-56(23)77(114)126-82)53-26(13-30(84-53)69(104)105)44(47-50-19(7-38(93)59(47)96)4-28(83-50)67(100)101)65(63)118-79-121-72(109)32-6-21-9-39(94)60(97)48(51(21)87-32)45(27-15-36(76(113)123-79)89-54(27)42)66(64)119-80-120-71(108)31-5-20-8-37(92)58(95)46(49(20)86-31)43-25-14-35(75(112)122-80)88-52(25)40(16)61(98)62(43)99/h4-12,16-18,30,35-36,79-91,98-99H,13-15H2,1-3H3,(H,100,101)(H,102,103)(H,104,105)(H,106,107). The molecule has 0 amide bonds. The summed E-state index contributed by atoms with van der Waals surface area (Å²) in [6.45, 7) is -8.32. The van der Waals surface area contributed by atoms with Gasteiger partial charge in [-0.2, -0.15) is 0 Å². The van der Waals surface area contributed by atoms with E-state index in [2.05, 4.69) is 45.9 Å². The van der Waals surface area contributed by atoms with Crippen molar-refractivity contribution in [3.8, 4) is 34.5 Å². The average molecular weight is 1740 g/mol. The van der Waals surface area contributed by atoms with Crippen molar-refractivity contribution in [1.29, 1.82) is 0 Å². The minimum atomic E-state index is -3.07. The molecular formula is C82H49N9O36. The highest BCUT2D eigenvalue weighted by Gasteiger charge is 2.52. The lowest BCUT2D eigenvalue weighted by Crippen LogP contribution is -2.39. The number of fused-ring (bicyclic) bond motifs is 18. The summed E-state index contributed by atoms with van der Waals surface area (Å²) in [5.41, 5.74) is -17.1. The number of aromatic carboxylic acids is 3. The van der Waals surface area contributed by atoms with Crippen molar-refractivity contribution in [1.82, 2.24) is 29.9 Å². The number of esters is 8. The number of carboxylic acid groups (broad SMARTS) is 4. The number of carboxylic acids is 4. The van der Waals surface area contributed by atoms with Gasteiger partial charge in [0.05, 0.1) is 32.8 Å². The number of ketones is 6. The monoisotopic (exact) mass is 1740 g/mol. The maximum atomic E-state index is 16.2. The Hall–Kier alpha value is -17.6. The molecule has 0 saturated heterocycles. The Labute approximate surface area is 697 Å². The van der Waals surface area contributed by atoms with Gasteiger partial charge in [0.1, 0.15) is 69.4 Å². The summed E-state index contributed by atoms with van der Waals surface area (Å²) in [7, 11) is 0. The van der Waals surface area contributed by atoms with Gasteiger partial charge in [-0.3, -0.25) is 28.8 Å². The molecule has 21 rings (SSSR count). The molecule has 45 heteroatoms. The highest BCUT2D eigenvalue weighted by Crippen LogP contribution is 2.58. The molecule has 638 valence electrons. The second-order valence-corrected chi connectivity index (χ2v) is 30.7. The van der Waals surface area contributed by atoms with Crippen LogP contribution in [-0.2, 0) is 100 Å². The van der Waals surface area contributed by atoms with Crippen molar-refractivity contribution >= 4 is 158 Å². The minimum absolute atomic E-state index is 0.241. The number of aromatic amines is 6. The molecular weight excluding hydrogens is 1690 g/mol. The number of H-pyrrole nitrogens is 6. The number of phenols is 2. The van der Waals surface area contributed by atoms with Crippen LogP contribution in [0, 0.1) is 0 Å². The summed E-state index contributed by atoms with van der Waals surface area (Å²) in [6.07, 6.45) is -0.268. The summed E-state index contributed by atoms with van der Waals surface area (Å²) >= 11 is 0. The molecule has 3 aliphatic carbocycles. The lowest BCUT2D eigenvalue weighted by molar-refractivity contribution is -0.222. The van der Waals surface area contributed by atoms with Gasteiger partial charge in [-0.15, -0.1) is 0 Å². The fraction of sp³-hybridized carbons (Fsp3) is 0.195. The van der Waals surface area contributed by atoms with E-state index in [9.17, 15) is 69.0 Å². The molecule has 0 saturated carbocycles. The van der Waals surface area contributed by atoms with E-state index in [1.807, 2.05) is 0 Å². The second-order valence-electron chi connectivity index (χ2n) is 30.7. The van der Waals surface area contributed by atoms with E-state index in [0.29, 0.717) is 6.08 Å². The van der Waals surface area contributed by atoms with Gasteiger partial charge >= 0.3 is 97.5 Å². The molecule has 12 aliphatic rings. The van der Waals surface area contributed by atoms with Gasteiger partial charge in [0.2, 0.25) is 34.7 Å². The van der Waals surface area contributed by atoms with Gasteiger partial charge in [0.15, 0.2) is 34.5 Å². The van der Waals surface area contributed by atoms with E-state index < -0.39 is 373 Å². The number of phenolic OH excluding ortho intramolecular Hbond substituents is 2. The molecule has 15 heterocycles. The molecule has 45 nitrogen and oxygen atoms in total. The minimum Gasteiger partial charge on any atom is -0.504 e. The lowest BCUT2D eigenvalue weighted by Gasteiger charge is -2.30. The largest absolute Gasteiger partial charge is 0.504 e. The van der Waals surface area contributed by atoms with Crippen LogP contribution in [0.1, 0.15) is 200 Å². The quantitative estimate of drug-likeness (QED) is 0.0299. The molecule has 0 fully saturated rings. The third-order valence-corrected chi connectivity index (χ3v) is 23.7. The number of carbonyl (C=O) groups is 18. The maximum Gasteiger partial charge on any atom is 0.411 e. The number of hydrogen-bond donors (Lipinski definition) is 15. The van der Waals surface area contributed by atoms with Gasteiger partial charge < -0.3 is 133 Å². The summed E-state index contributed by atoms with van der Waals surface area (Å²) in [5.74, 6) is -40.4. The number of hydrogen-bond acceptors (Lipinski definition) is 35. The number of carbonyl (C=O) groups excluding carboxylic acids is 14. The summed E-state index contributed by atoms with van der Waals surface area (Å²) < 4.78 is 74.6. The van der Waals surface area contributed by atoms with Crippen molar-refractivity contribution in [3.05, 3.63) is 186 Å². The molecule has 9 aliphatic heterocycles. The normalized spacial score (nSPS) is 23.0. The van der Waals surface area contributed by atoms with Crippen molar-refractivity contribution in [2.24, 2.45) is 0 Å². The van der Waals surface area contributed by atoms with E-state index in [1.165, 1.54) is 20.8 Å².